The fraction of sp³-hybridized carbons (Fsp3) is 0.529. The second kappa shape index (κ2) is 9.52. The average molecular weight is 380 g/mol. The third-order valence-electron chi connectivity index (χ3n) is 3.93. The number of amides is 1. The maximum atomic E-state index is 12.7. The number of piperazine rings is 1. The van der Waals surface area contributed by atoms with E-state index in [1.807, 2.05) is 24.0 Å². The average Bonchev–Trinajstić information content (AvgIpc) is 2.62. The molecule has 1 aromatic rings. The summed E-state index contributed by atoms with van der Waals surface area (Å²) in [4.78, 5) is 16.8. The van der Waals surface area contributed by atoms with E-state index < -0.39 is 22.3 Å². The quantitative estimate of drug-likeness (QED) is 0.500. The van der Waals surface area contributed by atoms with Crippen LogP contribution in [0.2, 0.25) is 0 Å². The van der Waals surface area contributed by atoms with E-state index in [1.54, 1.807) is 12.3 Å². The van der Waals surface area contributed by atoms with Gasteiger partial charge in [0.1, 0.15) is 18.1 Å². The fourth-order valence-corrected chi connectivity index (χ4v) is 4.25. The number of aromatic nitrogens is 1. The molecule has 1 saturated heterocycles. The van der Waals surface area contributed by atoms with E-state index in [4.69, 9.17) is 0 Å². The molecule has 8 nitrogen and oxygen atoms in total. The van der Waals surface area contributed by atoms with Crippen molar-refractivity contribution in [3.63, 3.8) is 0 Å². The zero-order valence-corrected chi connectivity index (χ0v) is 15.5. The Bertz CT molecular complexity index is 745. The van der Waals surface area contributed by atoms with Gasteiger partial charge in [0.2, 0.25) is 16.4 Å². The summed E-state index contributed by atoms with van der Waals surface area (Å²) < 4.78 is 26.4. The normalized spacial score (nSPS) is 19.3. The molecule has 1 aliphatic heterocycles. The van der Waals surface area contributed by atoms with E-state index in [1.165, 1.54) is 0 Å². The van der Waals surface area contributed by atoms with Crippen LogP contribution in [0, 0.1) is 11.8 Å². The smallest absolute Gasteiger partial charge is 0.219 e. The minimum absolute atomic E-state index is 0.129. The number of nitrogens with one attached hydrogen (secondary N) is 1. The number of unbranched alkanes of at least 4 members (excludes halogenated alkanes) is 1. The molecule has 2 rings (SSSR count). The summed E-state index contributed by atoms with van der Waals surface area (Å²) in [5, 5.41) is 12.8. The molecule has 2 heterocycles. The molecule has 1 fully saturated rings. The van der Waals surface area contributed by atoms with Crippen LogP contribution in [0.3, 0.4) is 0 Å². The molecule has 0 bridgehead atoms. The zero-order chi connectivity index (χ0) is 19.0. The monoisotopic (exact) mass is 380 g/mol. The maximum absolute atomic E-state index is 12.7. The van der Waals surface area contributed by atoms with E-state index in [0.717, 1.165) is 10.7 Å². The van der Waals surface area contributed by atoms with Crippen molar-refractivity contribution in [3.8, 4) is 11.8 Å². The van der Waals surface area contributed by atoms with Gasteiger partial charge in [0.15, 0.2) is 0 Å². The van der Waals surface area contributed by atoms with Gasteiger partial charge >= 0.3 is 0 Å². The van der Waals surface area contributed by atoms with E-state index in [-0.39, 0.29) is 18.8 Å². The van der Waals surface area contributed by atoms with Gasteiger partial charge in [-0.15, -0.1) is 5.92 Å². The largest absolute Gasteiger partial charge is 0.375 e. The van der Waals surface area contributed by atoms with Crippen molar-refractivity contribution in [1.29, 1.82) is 0 Å². The van der Waals surface area contributed by atoms with Gasteiger partial charge in [0, 0.05) is 25.7 Å². The molecule has 0 spiro atoms. The van der Waals surface area contributed by atoms with Crippen LogP contribution in [0.15, 0.2) is 24.4 Å². The highest BCUT2D eigenvalue weighted by molar-refractivity contribution is 7.89. The first-order chi connectivity index (χ1) is 12.5. The second-order valence-electron chi connectivity index (χ2n) is 5.91. The number of anilines is 1. The van der Waals surface area contributed by atoms with Gasteiger partial charge in [-0.1, -0.05) is 18.9 Å². The summed E-state index contributed by atoms with van der Waals surface area (Å²) in [6, 6.07) is 4.64. The molecule has 26 heavy (non-hydrogen) atoms. The van der Waals surface area contributed by atoms with Crippen LogP contribution in [-0.2, 0) is 14.8 Å². The molecule has 142 valence electrons. The van der Waals surface area contributed by atoms with Gasteiger partial charge in [0.25, 0.3) is 0 Å². The number of β-amino-alcohol motifs (C(OH)–C–C–N with tert-alkyl or cyclic N) is 1. The molecule has 2 unspecified atom stereocenters. The number of sulfonamides is 1. The van der Waals surface area contributed by atoms with E-state index in [0.29, 0.717) is 25.2 Å². The van der Waals surface area contributed by atoms with Crippen molar-refractivity contribution in [3.05, 3.63) is 24.4 Å². The van der Waals surface area contributed by atoms with Crippen molar-refractivity contribution in [2.45, 2.75) is 32.0 Å². The van der Waals surface area contributed by atoms with E-state index >= 15 is 0 Å². The van der Waals surface area contributed by atoms with E-state index in [2.05, 4.69) is 22.1 Å². The van der Waals surface area contributed by atoms with Crippen LogP contribution in [0.1, 0.15) is 19.8 Å². The lowest BCUT2D eigenvalue weighted by molar-refractivity contribution is -0.109. The number of rotatable bonds is 7. The molecule has 1 aliphatic rings. The Kier molecular flexibility index (Phi) is 7.38. The predicted molar refractivity (Wildman–Crippen MR) is 98.6 cm³/mol. The van der Waals surface area contributed by atoms with Crippen molar-refractivity contribution in [2.75, 3.05) is 30.3 Å². The Hall–Kier alpha value is -2.15. The summed E-state index contributed by atoms with van der Waals surface area (Å²) in [7, 11) is -3.78. The first-order valence-corrected chi connectivity index (χ1v) is 10.1. The van der Waals surface area contributed by atoms with Gasteiger partial charge in [-0.2, -0.15) is 4.31 Å². The predicted octanol–water partition coefficient (Wildman–Crippen LogP) is -0.230. The molecular weight excluding hydrogens is 356 g/mol. The molecule has 0 aromatic carbocycles. The molecular formula is C17H24N4O4S. The highest BCUT2D eigenvalue weighted by atomic mass is 32.2. The summed E-state index contributed by atoms with van der Waals surface area (Å²) in [5.74, 6) is 5.94. The lowest BCUT2D eigenvalue weighted by Crippen LogP contribution is -2.57. The van der Waals surface area contributed by atoms with Gasteiger partial charge in [-0.25, -0.2) is 13.4 Å². The highest BCUT2D eigenvalue weighted by Gasteiger charge is 2.35. The summed E-state index contributed by atoms with van der Waals surface area (Å²) >= 11 is 0. The Morgan fingerprint density at radius 3 is 2.88 bits per heavy atom. The Balaban J connectivity index is 2.04. The Morgan fingerprint density at radius 1 is 1.46 bits per heavy atom. The standard InChI is InChI=1S/C17H24N4O4S/c1-2-3-4-7-15(19-14-22)13-26(24,25)21-11-10-20(12-17(21)23)16-8-5-6-9-18-16/h5-6,8-9,14-15,17,23H,2-3,10-13H2,1H3,(H,19,22). The highest BCUT2D eigenvalue weighted by Crippen LogP contribution is 2.18. The number of nitrogens with zero attached hydrogens (tertiary/aromatic N) is 3. The van der Waals surface area contributed by atoms with Crippen molar-refractivity contribution in [1.82, 2.24) is 14.6 Å². The number of aliphatic hydroxyl groups excluding tert-OH is 1. The number of hydrogen-bond acceptors (Lipinski definition) is 6. The molecule has 0 aliphatic carbocycles. The van der Waals surface area contributed by atoms with Gasteiger partial charge in [-0.05, 0) is 18.6 Å². The van der Waals surface area contributed by atoms with Crippen LogP contribution in [0.25, 0.3) is 0 Å². The number of carbonyl (C=O) groups excluding carboxylic acids is 1. The molecule has 2 N–H and O–H groups in total. The van der Waals surface area contributed by atoms with Crippen molar-refractivity contribution < 1.29 is 18.3 Å². The van der Waals surface area contributed by atoms with Crippen LogP contribution in [0.4, 0.5) is 5.82 Å². The van der Waals surface area contributed by atoms with Gasteiger partial charge in [-0.3, -0.25) is 4.79 Å². The van der Waals surface area contributed by atoms with Crippen LogP contribution in [-0.4, -0.2) is 66.9 Å². The molecule has 9 heteroatoms. The SMILES string of the molecule is CCCC#CC(CS(=O)(=O)N1CCN(c2ccccn2)CC1O)NC=O. The third-order valence-corrected chi connectivity index (χ3v) is 5.83. The van der Waals surface area contributed by atoms with Gasteiger partial charge < -0.3 is 15.3 Å². The second-order valence-corrected chi connectivity index (χ2v) is 7.88. The topological polar surface area (TPSA) is 103 Å². The first kappa shape index (κ1) is 20.2. The van der Waals surface area contributed by atoms with Gasteiger partial charge in [0.05, 0.1) is 12.3 Å². The lowest BCUT2D eigenvalue weighted by atomic mass is 10.3. The van der Waals surface area contributed by atoms with Crippen molar-refractivity contribution in [2.24, 2.45) is 0 Å². The zero-order valence-electron chi connectivity index (χ0n) is 14.7. The molecule has 0 radical (unpaired) electrons. The third kappa shape index (κ3) is 5.42. The number of pyridine rings is 1. The Morgan fingerprint density at radius 2 is 2.27 bits per heavy atom. The number of carbonyl (C=O) groups is 1. The minimum Gasteiger partial charge on any atom is -0.375 e. The van der Waals surface area contributed by atoms with Crippen LogP contribution >= 0.6 is 0 Å². The summed E-state index contributed by atoms with van der Waals surface area (Å²) in [6.45, 7) is 2.64. The summed E-state index contributed by atoms with van der Waals surface area (Å²) in [5.41, 5.74) is 0. The lowest BCUT2D eigenvalue weighted by Gasteiger charge is -2.38. The molecule has 1 aromatic heterocycles. The van der Waals surface area contributed by atoms with Crippen LogP contribution in [0.5, 0.6) is 0 Å². The van der Waals surface area contributed by atoms with Crippen LogP contribution < -0.4 is 10.2 Å². The minimum atomic E-state index is -3.78. The Labute approximate surface area is 154 Å². The fourth-order valence-electron chi connectivity index (χ4n) is 2.66. The maximum Gasteiger partial charge on any atom is 0.219 e. The first-order valence-electron chi connectivity index (χ1n) is 8.49. The molecule has 0 saturated carbocycles. The molecule has 1 amide bonds. The van der Waals surface area contributed by atoms with E-state index in [9.17, 15) is 18.3 Å². The molecule has 2 atom stereocenters. The van der Waals surface area contributed by atoms with Crippen molar-refractivity contribution >= 4 is 22.3 Å². The summed E-state index contributed by atoms with van der Waals surface area (Å²) in [6.07, 6.45) is 2.38. The number of aliphatic hydroxyl groups is 1. The number of hydrogen-bond donors (Lipinski definition) is 2.